The number of nitrogens with zero attached hydrogens (tertiary/aromatic N) is 3. The number of hydrogen-bond donors (Lipinski definition) is 1. The zero-order valence-electron chi connectivity index (χ0n) is 17.5. The van der Waals surface area contributed by atoms with Crippen molar-refractivity contribution in [2.75, 3.05) is 12.4 Å². The topological polar surface area (TPSA) is 67.2 Å². The standard InChI is InChI=1S/C23H26N4O2/c1-15-8-6-7-9-22(15)27-17(3)21(16(2)25-27)14-26(5)23(29)19-10-12-20(13-11-19)24-18(4)28/h6-13H,14H2,1-5H3,(H,24,28). The summed E-state index contributed by atoms with van der Waals surface area (Å²) in [4.78, 5) is 25.7. The molecule has 0 bridgehead atoms. The lowest BCUT2D eigenvalue weighted by Crippen LogP contribution is -2.26. The first-order valence-electron chi connectivity index (χ1n) is 9.52. The maximum absolute atomic E-state index is 12.8. The highest BCUT2D eigenvalue weighted by molar-refractivity contribution is 5.95. The first-order chi connectivity index (χ1) is 13.8. The van der Waals surface area contributed by atoms with Crippen molar-refractivity contribution in [3.05, 3.63) is 76.6 Å². The van der Waals surface area contributed by atoms with Crippen LogP contribution in [-0.2, 0) is 11.3 Å². The Balaban J connectivity index is 1.80. The smallest absolute Gasteiger partial charge is 0.253 e. The molecule has 1 N–H and O–H groups in total. The highest BCUT2D eigenvalue weighted by Gasteiger charge is 2.19. The van der Waals surface area contributed by atoms with Crippen molar-refractivity contribution in [1.82, 2.24) is 14.7 Å². The van der Waals surface area contributed by atoms with Gasteiger partial charge in [-0.15, -0.1) is 0 Å². The lowest BCUT2D eigenvalue weighted by atomic mass is 10.1. The van der Waals surface area contributed by atoms with Crippen molar-refractivity contribution >= 4 is 17.5 Å². The number of rotatable bonds is 5. The second kappa shape index (κ2) is 8.31. The van der Waals surface area contributed by atoms with E-state index in [0.29, 0.717) is 17.8 Å². The van der Waals surface area contributed by atoms with Gasteiger partial charge in [0.2, 0.25) is 5.91 Å². The van der Waals surface area contributed by atoms with Gasteiger partial charge < -0.3 is 10.2 Å². The molecule has 0 saturated heterocycles. The summed E-state index contributed by atoms with van der Waals surface area (Å²) in [5, 5.41) is 7.41. The van der Waals surface area contributed by atoms with Crippen LogP contribution in [0.4, 0.5) is 5.69 Å². The third kappa shape index (κ3) is 4.37. The Kier molecular flexibility index (Phi) is 5.82. The minimum absolute atomic E-state index is 0.0817. The molecule has 0 spiro atoms. The van der Waals surface area contributed by atoms with Gasteiger partial charge in [0, 0.05) is 43.0 Å². The molecule has 0 fully saturated rings. The minimum Gasteiger partial charge on any atom is -0.337 e. The highest BCUT2D eigenvalue weighted by Crippen LogP contribution is 2.22. The lowest BCUT2D eigenvalue weighted by Gasteiger charge is -2.18. The fraction of sp³-hybridized carbons (Fsp3) is 0.261. The Bertz CT molecular complexity index is 1050. The van der Waals surface area contributed by atoms with Crippen LogP contribution < -0.4 is 5.32 Å². The molecular formula is C23H26N4O2. The summed E-state index contributed by atoms with van der Waals surface area (Å²) in [5.41, 5.74) is 6.41. The third-order valence-electron chi connectivity index (χ3n) is 4.98. The van der Waals surface area contributed by atoms with Gasteiger partial charge in [-0.05, 0) is 56.7 Å². The molecule has 3 rings (SSSR count). The summed E-state index contributed by atoms with van der Waals surface area (Å²) in [6.45, 7) is 7.98. The van der Waals surface area contributed by atoms with Crippen molar-refractivity contribution in [1.29, 1.82) is 0 Å². The Morgan fingerprint density at radius 2 is 1.69 bits per heavy atom. The molecule has 0 unspecified atom stereocenters. The number of aromatic nitrogens is 2. The van der Waals surface area contributed by atoms with Crippen LogP contribution >= 0.6 is 0 Å². The summed E-state index contributed by atoms with van der Waals surface area (Å²) in [5.74, 6) is -0.223. The summed E-state index contributed by atoms with van der Waals surface area (Å²) in [6, 6.07) is 15.0. The van der Waals surface area contributed by atoms with Crippen molar-refractivity contribution in [2.24, 2.45) is 0 Å². The van der Waals surface area contributed by atoms with Crippen LogP contribution in [0.1, 0.15) is 39.8 Å². The van der Waals surface area contributed by atoms with Gasteiger partial charge in [0.25, 0.3) is 5.91 Å². The molecule has 6 heteroatoms. The van der Waals surface area contributed by atoms with Gasteiger partial charge in [0.1, 0.15) is 0 Å². The van der Waals surface area contributed by atoms with Crippen LogP contribution in [0.25, 0.3) is 5.69 Å². The molecular weight excluding hydrogens is 364 g/mol. The van der Waals surface area contributed by atoms with Crippen LogP contribution in [0.3, 0.4) is 0 Å². The van der Waals surface area contributed by atoms with E-state index < -0.39 is 0 Å². The van der Waals surface area contributed by atoms with Crippen LogP contribution in [0, 0.1) is 20.8 Å². The summed E-state index contributed by atoms with van der Waals surface area (Å²) < 4.78 is 1.94. The number of carbonyl (C=O) groups excluding carboxylic acids is 2. The number of para-hydroxylation sites is 1. The van der Waals surface area contributed by atoms with Crippen molar-refractivity contribution < 1.29 is 9.59 Å². The Labute approximate surface area is 171 Å². The molecule has 6 nitrogen and oxygen atoms in total. The minimum atomic E-state index is -0.141. The molecule has 1 heterocycles. The van der Waals surface area contributed by atoms with Crippen LogP contribution in [-0.4, -0.2) is 33.5 Å². The zero-order valence-corrected chi connectivity index (χ0v) is 17.5. The third-order valence-corrected chi connectivity index (χ3v) is 4.98. The molecule has 0 aliphatic rings. The molecule has 150 valence electrons. The van der Waals surface area contributed by atoms with E-state index in [2.05, 4.69) is 18.3 Å². The second-order valence-corrected chi connectivity index (χ2v) is 7.27. The molecule has 0 aliphatic heterocycles. The quantitative estimate of drug-likeness (QED) is 0.715. The molecule has 1 aromatic heterocycles. The molecule has 2 amide bonds. The molecule has 0 atom stereocenters. The van der Waals surface area contributed by atoms with Crippen LogP contribution in [0.5, 0.6) is 0 Å². The van der Waals surface area contributed by atoms with Crippen molar-refractivity contribution in [2.45, 2.75) is 34.2 Å². The fourth-order valence-corrected chi connectivity index (χ4v) is 3.37. The second-order valence-electron chi connectivity index (χ2n) is 7.27. The summed E-state index contributed by atoms with van der Waals surface area (Å²) >= 11 is 0. The Morgan fingerprint density at radius 3 is 2.31 bits per heavy atom. The number of aryl methyl sites for hydroxylation is 2. The molecule has 29 heavy (non-hydrogen) atoms. The number of amides is 2. The SMILES string of the molecule is CC(=O)Nc1ccc(C(=O)N(C)Cc2c(C)nn(-c3ccccc3C)c2C)cc1. The number of hydrogen-bond acceptors (Lipinski definition) is 3. The molecule has 0 aliphatic carbocycles. The number of benzene rings is 2. The van der Waals surface area contributed by atoms with Gasteiger partial charge in [0.15, 0.2) is 0 Å². The van der Waals surface area contributed by atoms with E-state index in [1.165, 1.54) is 6.92 Å². The average molecular weight is 390 g/mol. The summed E-state index contributed by atoms with van der Waals surface area (Å²) in [7, 11) is 1.79. The van der Waals surface area contributed by atoms with Gasteiger partial charge in [-0.1, -0.05) is 18.2 Å². The van der Waals surface area contributed by atoms with E-state index in [4.69, 9.17) is 5.10 Å². The van der Waals surface area contributed by atoms with Gasteiger partial charge in [-0.2, -0.15) is 5.10 Å². The van der Waals surface area contributed by atoms with Gasteiger partial charge >= 0.3 is 0 Å². The molecule has 0 radical (unpaired) electrons. The lowest BCUT2D eigenvalue weighted by molar-refractivity contribution is -0.114. The number of anilines is 1. The monoisotopic (exact) mass is 390 g/mol. The first-order valence-corrected chi connectivity index (χ1v) is 9.52. The zero-order chi connectivity index (χ0) is 21.1. The summed E-state index contributed by atoms with van der Waals surface area (Å²) in [6.07, 6.45) is 0. The number of nitrogens with one attached hydrogen (secondary N) is 1. The van der Waals surface area contributed by atoms with Gasteiger partial charge in [-0.25, -0.2) is 4.68 Å². The van der Waals surface area contributed by atoms with Crippen molar-refractivity contribution in [3.8, 4) is 5.69 Å². The van der Waals surface area contributed by atoms with E-state index in [1.54, 1.807) is 36.2 Å². The van der Waals surface area contributed by atoms with Crippen LogP contribution in [0.15, 0.2) is 48.5 Å². The first kappa shape index (κ1) is 20.3. The average Bonchev–Trinajstić information content (AvgIpc) is 2.96. The van der Waals surface area contributed by atoms with E-state index >= 15 is 0 Å². The van der Waals surface area contributed by atoms with E-state index in [-0.39, 0.29) is 11.8 Å². The number of carbonyl (C=O) groups is 2. The highest BCUT2D eigenvalue weighted by atomic mass is 16.2. The maximum Gasteiger partial charge on any atom is 0.253 e. The van der Waals surface area contributed by atoms with Crippen molar-refractivity contribution in [3.63, 3.8) is 0 Å². The van der Waals surface area contributed by atoms with E-state index in [0.717, 1.165) is 28.2 Å². The predicted molar refractivity (Wildman–Crippen MR) is 114 cm³/mol. The Morgan fingerprint density at radius 1 is 1.03 bits per heavy atom. The molecule has 0 saturated carbocycles. The van der Waals surface area contributed by atoms with E-state index in [9.17, 15) is 9.59 Å². The maximum atomic E-state index is 12.8. The van der Waals surface area contributed by atoms with E-state index in [1.807, 2.05) is 36.7 Å². The van der Waals surface area contributed by atoms with Gasteiger partial charge in [-0.3, -0.25) is 9.59 Å². The normalized spacial score (nSPS) is 10.7. The fourth-order valence-electron chi connectivity index (χ4n) is 3.37. The molecule has 2 aromatic carbocycles. The van der Waals surface area contributed by atoms with Gasteiger partial charge in [0.05, 0.1) is 11.4 Å². The Hall–Kier alpha value is -3.41. The largest absolute Gasteiger partial charge is 0.337 e. The predicted octanol–water partition coefficient (Wildman–Crippen LogP) is 4.03. The molecule has 3 aromatic rings. The van der Waals surface area contributed by atoms with Crippen LogP contribution in [0.2, 0.25) is 0 Å².